The van der Waals surface area contributed by atoms with Gasteiger partial charge in [0.25, 0.3) is 0 Å². The van der Waals surface area contributed by atoms with Gasteiger partial charge in [0.2, 0.25) is 0 Å². The number of unbranched alkanes of at least 4 members (excludes halogenated alkanes) is 1. The Morgan fingerprint density at radius 2 is 2.12 bits per heavy atom. The zero-order chi connectivity index (χ0) is 12.0. The quantitative estimate of drug-likeness (QED) is 0.693. The molecule has 0 spiro atoms. The molecule has 1 aliphatic rings. The molecule has 1 aliphatic heterocycles. The minimum Gasteiger partial charge on any atom is -0.313 e. The molecular weight excluding hydrogens is 216 g/mol. The van der Waals surface area contributed by atoms with Crippen molar-refractivity contribution in [2.45, 2.75) is 57.4 Å². The Morgan fingerprint density at radius 3 is 2.69 bits per heavy atom. The van der Waals surface area contributed by atoms with Crippen molar-refractivity contribution in [2.24, 2.45) is 0 Å². The van der Waals surface area contributed by atoms with E-state index in [0.717, 1.165) is 11.3 Å². The first-order chi connectivity index (χ1) is 7.59. The molecule has 0 aromatic heterocycles. The third-order valence-electron chi connectivity index (χ3n) is 3.45. The van der Waals surface area contributed by atoms with Crippen LogP contribution in [0.2, 0.25) is 0 Å². The maximum absolute atomic E-state index is 3.68. The zero-order valence-electron chi connectivity index (χ0n) is 11.3. The van der Waals surface area contributed by atoms with Gasteiger partial charge in [-0.15, -0.1) is 0 Å². The summed E-state index contributed by atoms with van der Waals surface area (Å²) >= 11 is 2.11. The lowest BCUT2D eigenvalue weighted by molar-refractivity contribution is 0.267. The smallest absolute Gasteiger partial charge is 0.0168 e. The lowest BCUT2D eigenvalue weighted by Crippen LogP contribution is -2.31. The van der Waals surface area contributed by atoms with E-state index in [1.54, 1.807) is 0 Å². The molecule has 1 rings (SSSR count). The Morgan fingerprint density at radius 1 is 1.38 bits per heavy atom. The third-order valence-corrected chi connectivity index (χ3v) is 4.81. The topological polar surface area (TPSA) is 15.3 Å². The molecule has 0 bridgehead atoms. The van der Waals surface area contributed by atoms with Crippen LogP contribution >= 0.6 is 11.8 Å². The molecule has 2 atom stereocenters. The van der Waals surface area contributed by atoms with Gasteiger partial charge >= 0.3 is 0 Å². The van der Waals surface area contributed by atoms with Gasteiger partial charge in [0.15, 0.2) is 0 Å². The fourth-order valence-corrected chi connectivity index (χ4v) is 3.19. The lowest BCUT2D eigenvalue weighted by atomic mass is 10.2. The summed E-state index contributed by atoms with van der Waals surface area (Å²) in [4.78, 5) is 2.42. The van der Waals surface area contributed by atoms with Gasteiger partial charge in [-0.25, -0.2) is 0 Å². The van der Waals surface area contributed by atoms with Crippen molar-refractivity contribution in [2.75, 3.05) is 25.9 Å². The molecule has 16 heavy (non-hydrogen) atoms. The Balaban J connectivity index is 1.92. The van der Waals surface area contributed by atoms with Crippen molar-refractivity contribution in [3.8, 4) is 0 Å². The molecule has 0 radical (unpaired) electrons. The minimum absolute atomic E-state index is 0.681. The van der Waals surface area contributed by atoms with E-state index in [0.29, 0.717) is 6.04 Å². The zero-order valence-corrected chi connectivity index (χ0v) is 12.1. The largest absolute Gasteiger partial charge is 0.313 e. The first-order valence-corrected chi connectivity index (χ1v) is 7.69. The molecule has 0 aromatic rings. The van der Waals surface area contributed by atoms with E-state index in [-0.39, 0.29) is 0 Å². The molecular formula is C13H28N2S. The minimum atomic E-state index is 0.681. The van der Waals surface area contributed by atoms with Crippen LogP contribution in [0.1, 0.15) is 40.0 Å². The van der Waals surface area contributed by atoms with Gasteiger partial charge in [0.1, 0.15) is 0 Å². The molecule has 0 saturated carbocycles. The second-order valence-electron chi connectivity index (χ2n) is 5.31. The molecule has 0 aromatic carbocycles. The standard InChI is InChI=1S/C13H28N2S/c1-11(2)15(4)8-6-5-7-14-13-9-12(3)16-10-13/h11-14H,5-10H2,1-4H3. The summed E-state index contributed by atoms with van der Waals surface area (Å²) in [5.41, 5.74) is 0. The predicted molar refractivity (Wildman–Crippen MR) is 75.3 cm³/mol. The van der Waals surface area contributed by atoms with Gasteiger partial charge in [-0.05, 0) is 53.2 Å². The Labute approximate surface area is 106 Å². The Bertz CT molecular complexity index is 185. The van der Waals surface area contributed by atoms with E-state index in [1.807, 2.05) is 0 Å². The fourth-order valence-electron chi connectivity index (χ4n) is 2.01. The molecule has 96 valence electrons. The van der Waals surface area contributed by atoms with Crippen molar-refractivity contribution in [1.82, 2.24) is 10.2 Å². The summed E-state index contributed by atoms with van der Waals surface area (Å²) < 4.78 is 0. The van der Waals surface area contributed by atoms with Crippen LogP contribution in [-0.4, -0.2) is 48.1 Å². The van der Waals surface area contributed by atoms with Gasteiger partial charge in [-0.2, -0.15) is 11.8 Å². The second kappa shape index (κ2) is 7.57. The Kier molecular flexibility index (Phi) is 6.78. The van der Waals surface area contributed by atoms with Gasteiger partial charge in [0.05, 0.1) is 0 Å². The highest BCUT2D eigenvalue weighted by molar-refractivity contribution is 8.00. The number of nitrogens with one attached hydrogen (secondary N) is 1. The summed E-state index contributed by atoms with van der Waals surface area (Å²) in [5, 5.41) is 4.54. The molecule has 2 nitrogen and oxygen atoms in total. The molecule has 2 unspecified atom stereocenters. The summed E-state index contributed by atoms with van der Waals surface area (Å²) in [6.07, 6.45) is 3.99. The van der Waals surface area contributed by atoms with Crippen molar-refractivity contribution in [3.63, 3.8) is 0 Å². The molecule has 1 fully saturated rings. The van der Waals surface area contributed by atoms with Crippen LogP contribution in [0.3, 0.4) is 0 Å². The van der Waals surface area contributed by atoms with E-state index in [1.165, 1.54) is 38.1 Å². The van der Waals surface area contributed by atoms with Crippen LogP contribution in [-0.2, 0) is 0 Å². The SMILES string of the molecule is CC1CC(NCCCCN(C)C(C)C)CS1. The molecule has 3 heteroatoms. The highest BCUT2D eigenvalue weighted by atomic mass is 32.2. The average molecular weight is 244 g/mol. The maximum Gasteiger partial charge on any atom is 0.0168 e. The monoisotopic (exact) mass is 244 g/mol. The normalized spacial score (nSPS) is 25.9. The number of nitrogens with zero attached hydrogens (tertiary/aromatic N) is 1. The molecule has 0 aliphatic carbocycles. The highest BCUT2D eigenvalue weighted by Crippen LogP contribution is 2.25. The summed E-state index contributed by atoms with van der Waals surface area (Å²) in [6.45, 7) is 9.29. The number of rotatable bonds is 7. The van der Waals surface area contributed by atoms with Crippen molar-refractivity contribution < 1.29 is 0 Å². The van der Waals surface area contributed by atoms with Crippen LogP contribution in [0.5, 0.6) is 0 Å². The van der Waals surface area contributed by atoms with Crippen LogP contribution in [0.15, 0.2) is 0 Å². The third kappa shape index (κ3) is 5.55. The maximum atomic E-state index is 3.68. The van der Waals surface area contributed by atoms with E-state index in [2.05, 4.69) is 49.8 Å². The summed E-state index contributed by atoms with van der Waals surface area (Å²) in [7, 11) is 2.22. The van der Waals surface area contributed by atoms with Crippen LogP contribution < -0.4 is 5.32 Å². The van der Waals surface area contributed by atoms with Crippen molar-refractivity contribution >= 4 is 11.8 Å². The first-order valence-electron chi connectivity index (χ1n) is 6.65. The predicted octanol–water partition coefficient (Wildman–Crippen LogP) is 2.59. The van der Waals surface area contributed by atoms with Crippen LogP contribution in [0, 0.1) is 0 Å². The van der Waals surface area contributed by atoms with E-state index >= 15 is 0 Å². The number of hydrogen-bond acceptors (Lipinski definition) is 3. The highest BCUT2D eigenvalue weighted by Gasteiger charge is 2.20. The lowest BCUT2D eigenvalue weighted by Gasteiger charge is -2.20. The van der Waals surface area contributed by atoms with Crippen molar-refractivity contribution in [3.05, 3.63) is 0 Å². The molecule has 1 heterocycles. The second-order valence-corrected chi connectivity index (χ2v) is 6.78. The van der Waals surface area contributed by atoms with E-state index in [4.69, 9.17) is 0 Å². The number of hydrogen-bond donors (Lipinski definition) is 1. The molecule has 1 N–H and O–H groups in total. The molecule has 1 saturated heterocycles. The summed E-state index contributed by atoms with van der Waals surface area (Å²) in [6, 6.07) is 1.46. The average Bonchev–Trinajstić information content (AvgIpc) is 2.63. The van der Waals surface area contributed by atoms with Gasteiger partial charge in [0, 0.05) is 23.1 Å². The van der Waals surface area contributed by atoms with Gasteiger partial charge in [-0.1, -0.05) is 6.92 Å². The summed E-state index contributed by atoms with van der Waals surface area (Å²) in [5.74, 6) is 1.31. The number of thioether (sulfide) groups is 1. The Hall–Kier alpha value is 0.270. The first kappa shape index (κ1) is 14.3. The van der Waals surface area contributed by atoms with Gasteiger partial charge in [-0.3, -0.25) is 0 Å². The fraction of sp³-hybridized carbons (Fsp3) is 1.00. The van der Waals surface area contributed by atoms with Crippen LogP contribution in [0.25, 0.3) is 0 Å². The van der Waals surface area contributed by atoms with Gasteiger partial charge < -0.3 is 10.2 Å². The van der Waals surface area contributed by atoms with Crippen LogP contribution in [0.4, 0.5) is 0 Å². The molecule has 0 amide bonds. The van der Waals surface area contributed by atoms with E-state index < -0.39 is 0 Å². The van der Waals surface area contributed by atoms with Crippen molar-refractivity contribution in [1.29, 1.82) is 0 Å². The van der Waals surface area contributed by atoms with E-state index in [9.17, 15) is 0 Å².